The third kappa shape index (κ3) is 3.66. The van der Waals surface area contributed by atoms with E-state index in [4.69, 9.17) is 10.5 Å². The Bertz CT molecular complexity index is 628. The Balaban J connectivity index is 2.05. The minimum absolute atomic E-state index is 0.220. The monoisotopic (exact) mass is 285 g/mol. The summed E-state index contributed by atoms with van der Waals surface area (Å²) in [6, 6.07) is 14.6. The quantitative estimate of drug-likeness (QED) is 0.849. The van der Waals surface area contributed by atoms with Gasteiger partial charge in [0.15, 0.2) is 0 Å². The van der Waals surface area contributed by atoms with Gasteiger partial charge in [-0.05, 0) is 23.8 Å². The second kappa shape index (κ2) is 6.65. The van der Waals surface area contributed by atoms with E-state index < -0.39 is 0 Å². The van der Waals surface area contributed by atoms with Crippen LogP contribution in [0.3, 0.4) is 0 Å². The van der Waals surface area contributed by atoms with E-state index in [1.165, 1.54) is 0 Å². The number of carbonyl (C=O) groups is 1. The van der Waals surface area contributed by atoms with Crippen LogP contribution < -0.4 is 15.8 Å². The second-order valence-electron chi connectivity index (χ2n) is 4.69. The van der Waals surface area contributed by atoms with E-state index in [0.29, 0.717) is 23.7 Å². The van der Waals surface area contributed by atoms with Crippen LogP contribution in [0.25, 0.3) is 0 Å². The van der Waals surface area contributed by atoms with Gasteiger partial charge >= 0.3 is 6.03 Å². The summed E-state index contributed by atoms with van der Waals surface area (Å²) < 4.78 is 5.21. The highest BCUT2D eigenvalue weighted by atomic mass is 16.5. The molecular weight excluding hydrogens is 266 g/mol. The van der Waals surface area contributed by atoms with E-state index in [1.54, 1.807) is 31.2 Å². The van der Waals surface area contributed by atoms with E-state index >= 15 is 0 Å². The van der Waals surface area contributed by atoms with Gasteiger partial charge in [0.05, 0.1) is 12.8 Å². The maximum atomic E-state index is 12.2. The van der Waals surface area contributed by atoms with E-state index in [2.05, 4.69) is 5.32 Å². The first-order valence-corrected chi connectivity index (χ1v) is 6.60. The topological polar surface area (TPSA) is 67.6 Å². The number of nitrogens with zero attached hydrogens (tertiary/aromatic N) is 1. The summed E-state index contributed by atoms with van der Waals surface area (Å²) in [6.07, 6.45) is 0. The average Bonchev–Trinajstić information content (AvgIpc) is 2.50. The number of methoxy groups -OCH3 is 1. The predicted octanol–water partition coefficient (Wildman–Crippen LogP) is 2.94. The number of rotatable bonds is 4. The normalized spacial score (nSPS) is 10.0. The highest BCUT2D eigenvalue weighted by Gasteiger charge is 2.12. The van der Waals surface area contributed by atoms with Crippen molar-refractivity contribution in [3.05, 3.63) is 54.1 Å². The molecule has 3 N–H and O–H groups in total. The molecule has 0 aliphatic rings. The number of amides is 2. The second-order valence-corrected chi connectivity index (χ2v) is 4.69. The van der Waals surface area contributed by atoms with Gasteiger partial charge in [0.1, 0.15) is 5.75 Å². The predicted molar refractivity (Wildman–Crippen MR) is 84.3 cm³/mol. The zero-order chi connectivity index (χ0) is 15.2. The van der Waals surface area contributed by atoms with Crippen LogP contribution in [-0.2, 0) is 6.54 Å². The number of nitrogen functional groups attached to an aromatic ring is 1. The molecule has 0 heterocycles. The average molecular weight is 285 g/mol. The zero-order valence-corrected chi connectivity index (χ0v) is 12.2. The van der Waals surface area contributed by atoms with Crippen molar-refractivity contribution in [1.82, 2.24) is 4.90 Å². The Labute approximate surface area is 124 Å². The zero-order valence-electron chi connectivity index (χ0n) is 12.2. The molecule has 0 radical (unpaired) electrons. The summed E-state index contributed by atoms with van der Waals surface area (Å²) in [6.45, 7) is 0.438. The van der Waals surface area contributed by atoms with Crippen LogP contribution in [0.4, 0.5) is 16.2 Å². The lowest BCUT2D eigenvalue weighted by atomic mass is 10.2. The van der Waals surface area contributed by atoms with Gasteiger partial charge in [-0.1, -0.05) is 30.3 Å². The minimum Gasteiger partial charge on any atom is -0.495 e. The number of benzene rings is 2. The van der Waals surface area contributed by atoms with Crippen molar-refractivity contribution in [3.8, 4) is 5.75 Å². The summed E-state index contributed by atoms with van der Waals surface area (Å²) in [4.78, 5) is 13.8. The van der Waals surface area contributed by atoms with Crippen LogP contribution in [-0.4, -0.2) is 25.1 Å². The summed E-state index contributed by atoms with van der Waals surface area (Å²) >= 11 is 0. The molecule has 2 aromatic rings. The molecule has 21 heavy (non-hydrogen) atoms. The van der Waals surface area contributed by atoms with Gasteiger partial charge in [-0.15, -0.1) is 0 Å². The number of para-hydroxylation sites is 3. The number of urea groups is 1. The van der Waals surface area contributed by atoms with Crippen molar-refractivity contribution >= 4 is 17.4 Å². The number of nitrogens with one attached hydrogen (secondary N) is 1. The summed E-state index contributed by atoms with van der Waals surface area (Å²) in [5.74, 6) is 0.624. The molecular formula is C16H19N3O2. The summed E-state index contributed by atoms with van der Waals surface area (Å²) in [7, 11) is 3.29. The van der Waals surface area contributed by atoms with Crippen LogP contribution in [0.1, 0.15) is 5.56 Å². The van der Waals surface area contributed by atoms with Gasteiger partial charge in [0, 0.05) is 19.3 Å². The number of hydrogen-bond donors (Lipinski definition) is 2. The Morgan fingerprint density at radius 2 is 1.86 bits per heavy atom. The van der Waals surface area contributed by atoms with Crippen molar-refractivity contribution in [2.45, 2.75) is 6.54 Å². The van der Waals surface area contributed by atoms with Crippen molar-refractivity contribution in [3.63, 3.8) is 0 Å². The van der Waals surface area contributed by atoms with Crippen LogP contribution in [0.5, 0.6) is 5.75 Å². The summed E-state index contributed by atoms with van der Waals surface area (Å²) in [5.41, 5.74) is 8.11. The summed E-state index contributed by atoms with van der Waals surface area (Å²) in [5, 5.41) is 2.82. The molecule has 0 saturated carbocycles. The maximum Gasteiger partial charge on any atom is 0.321 e. The number of carbonyl (C=O) groups excluding carboxylic acids is 1. The molecule has 0 atom stereocenters. The Kier molecular flexibility index (Phi) is 4.66. The minimum atomic E-state index is -0.220. The van der Waals surface area contributed by atoms with E-state index in [0.717, 1.165) is 5.56 Å². The molecule has 110 valence electrons. The van der Waals surface area contributed by atoms with Crippen LogP contribution in [0.2, 0.25) is 0 Å². The first kappa shape index (κ1) is 14.7. The molecule has 2 aromatic carbocycles. The Morgan fingerprint density at radius 1 is 1.19 bits per heavy atom. The molecule has 0 aromatic heterocycles. The van der Waals surface area contributed by atoms with E-state index in [9.17, 15) is 4.79 Å². The molecule has 2 amide bonds. The highest BCUT2D eigenvalue weighted by Crippen LogP contribution is 2.23. The Hall–Kier alpha value is -2.69. The molecule has 0 fully saturated rings. The molecule has 0 bridgehead atoms. The van der Waals surface area contributed by atoms with Crippen LogP contribution in [0.15, 0.2) is 48.5 Å². The fourth-order valence-corrected chi connectivity index (χ4v) is 1.96. The van der Waals surface area contributed by atoms with Gasteiger partial charge in [-0.2, -0.15) is 0 Å². The first-order valence-electron chi connectivity index (χ1n) is 6.60. The van der Waals surface area contributed by atoms with Gasteiger partial charge in [-0.25, -0.2) is 4.79 Å². The molecule has 0 saturated heterocycles. The largest absolute Gasteiger partial charge is 0.495 e. The van der Waals surface area contributed by atoms with E-state index in [1.807, 2.05) is 36.4 Å². The lowest BCUT2D eigenvalue weighted by molar-refractivity contribution is 0.220. The molecule has 2 rings (SSSR count). The smallest absolute Gasteiger partial charge is 0.321 e. The lowest BCUT2D eigenvalue weighted by Gasteiger charge is -2.19. The van der Waals surface area contributed by atoms with Crippen molar-refractivity contribution in [2.75, 3.05) is 25.2 Å². The molecule has 0 unspecified atom stereocenters. The highest BCUT2D eigenvalue weighted by molar-refractivity contribution is 5.90. The van der Waals surface area contributed by atoms with Gasteiger partial charge < -0.3 is 20.7 Å². The third-order valence-electron chi connectivity index (χ3n) is 3.16. The van der Waals surface area contributed by atoms with Crippen molar-refractivity contribution < 1.29 is 9.53 Å². The molecule has 5 heteroatoms. The van der Waals surface area contributed by atoms with Crippen molar-refractivity contribution in [1.29, 1.82) is 0 Å². The fourth-order valence-electron chi connectivity index (χ4n) is 1.96. The molecule has 0 spiro atoms. The van der Waals surface area contributed by atoms with Crippen LogP contribution in [0, 0.1) is 0 Å². The first-order chi connectivity index (χ1) is 10.1. The SMILES string of the molecule is COc1ccccc1NC(=O)N(C)Cc1ccccc1N. The van der Waals surface area contributed by atoms with Gasteiger partial charge in [-0.3, -0.25) is 0 Å². The number of hydrogen-bond acceptors (Lipinski definition) is 3. The molecule has 0 aliphatic carbocycles. The Morgan fingerprint density at radius 3 is 2.57 bits per heavy atom. The standard InChI is InChI=1S/C16H19N3O2/c1-19(11-12-7-3-4-8-13(12)17)16(20)18-14-9-5-6-10-15(14)21-2/h3-10H,11,17H2,1-2H3,(H,18,20). The van der Waals surface area contributed by atoms with Gasteiger partial charge in [0.25, 0.3) is 0 Å². The van der Waals surface area contributed by atoms with Gasteiger partial charge in [0.2, 0.25) is 0 Å². The number of ether oxygens (including phenoxy) is 1. The third-order valence-corrected chi connectivity index (χ3v) is 3.16. The fraction of sp³-hybridized carbons (Fsp3) is 0.188. The van der Waals surface area contributed by atoms with Crippen LogP contribution >= 0.6 is 0 Å². The number of nitrogens with two attached hydrogens (primary N) is 1. The van der Waals surface area contributed by atoms with Crippen molar-refractivity contribution in [2.24, 2.45) is 0 Å². The molecule has 5 nitrogen and oxygen atoms in total. The maximum absolute atomic E-state index is 12.2. The molecule has 0 aliphatic heterocycles. The van der Waals surface area contributed by atoms with E-state index in [-0.39, 0.29) is 6.03 Å². The lowest BCUT2D eigenvalue weighted by Crippen LogP contribution is -2.31. The number of anilines is 2.